The van der Waals surface area contributed by atoms with Crippen LogP contribution in [0.5, 0.6) is 11.5 Å². The lowest BCUT2D eigenvalue weighted by Crippen LogP contribution is -2.47. The van der Waals surface area contributed by atoms with Gasteiger partial charge in [0.05, 0.1) is 17.6 Å². The number of halogens is 2. The summed E-state index contributed by atoms with van der Waals surface area (Å²) in [4.78, 5) is 13.2. The second-order valence-corrected chi connectivity index (χ2v) is 9.30. The van der Waals surface area contributed by atoms with E-state index in [0.717, 1.165) is 22.7 Å². The van der Waals surface area contributed by atoms with Crippen LogP contribution in [0.1, 0.15) is 13.3 Å². The van der Waals surface area contributed by atoms with E-state index >= 15 is 0 Å². The first-order valence-electron chi connectivity index (χ1n) is 9.77. The van der Waals surface area contributed by atoms with Crippen molar-refractivity contribution in [3.8, 4) is 11.5 Å². The van der Waals surface area contributed by atoms with Crippen molar-refractivity contribution in [1.29, 1.82) is 0 Å². The Morgan fingerprint density at radius 3 is 2.34 bits per heavy atom. The SMILES string of the molecule is CCC(C(=O)Nc1cc(Cl)ccc1Oc1ccccc1)N(c1ccc(F)cc1)S(C)(=O)=O. The lowest BCUT2D eigenvalue weighted by Gasteiger charge is -2.30. The third-order valence-electron chi connectivity index (χ3n) is 4.58. The Bertz CT molecular complexity index is 1190. The third-order valence-corrected chi connectivity index (χ3v) is 6.00. The number of nitrogens with one attached hydrogen (secondary N) is 1. The van der Waals surface area contributed by atoms with Crippen molar-refractivity contribution in [2.45, 2.75) is 19.4 Å². The maximum Gasteiger partial charge on any atom is 0.248 e. The molecule has 0 aromatic heterocycles. The number of hydrogen-bond acceptors (Lipinski definition) is 4. The van der Waals surface area contributed by atoms with Gasteiger partial charge in [-0.15, -0.1) is 0 Å². The highest BCUT2D eigenvalue weighted by Gasteiger charge is 2.32. The van der Waals surface area contributed by atoms with Crippen LogP contribution in [-0.2, 0) is 14.8 Å². The van der Waals surface area contributed by atoms with Gasteiger partial charge in [0.1, 0.15) is 17.6 Å². The molecule has 0 radical (unpaired) electrons. The molecule has 1 amide bonds. The Morgan fingerprint density at radius 2 is 1.75 bits per heavy atom. The molecule has 168 valence electrons. The van der Waals surface area contributed by atoms with Gasteiger partial charge >= 0.3 is 0 Å². The van der Waals surface area contributed by atoms with Gasteiger partial charge in [-0.2, -0.15) is 0 Å². The zero-order valence-electron chi connectivity index (χ0n) is 17.5. The van der Waals surface area contributed by atoms with Crippen LogP contribution in [0.15, 0.2) is 72.8 Å². The smallest absolute Gasteiger partial charge is 0.248 e. The highest BCUT2D eigenvalue weighted by Crippen LogP contribution is 2.33. The van der Waals surface area contributed by atoms with Crippen LogP contribution in [0.2, 0.25) is 5.02 Å². The largest absolute Gasteiger partial charge is 0.455 e. The second-order valence-electron chi connectivity index (χ2n) is 7.00. The van der Waals surface area contributed by atoms with Crippen molar-refractivity contribution < 1.29 is 22.3 Å². The quantitative estimate of drug-likeness (QED) is 0.468. The van der Waals surface area contributed by atoms with Gasteiger partial charge in [-0.05, 0) is 61.0 Å². The number of carbonyl (C=O) groups excluding carboxylic acids is 1. The highest BCUT2D eigenvalue weighted by atomic mass is 35.5. The zero-order valence-corrected chi connectivity index (χ0v) is 19.0. The first-order chi connectivity index (χ1) is 15.2. The van der Waals surface area contributed by atoms with E-state index in [4.69, 9.17) is 16.3 Å². The molecule has 1 atom stereocenters. The fourth-order valence-electron chi connectivity index (χ4n) is 3.17. The molecule has 9 heteroatoms. The van der Waals surface area contributed by atoms with E-state index in [1.807, 2.05) is 18.2 Å². The number of para-hydroxylation sites is 1. The van der Waals surface area contributed by atoms with Crippen LogP contribution in [0.3, 0.4) is 0 Å². The minimum absolute atomic E-state index is 0.172. The molecule has 0 aliphatic carbocycles. The molecule has 3 rings (SSSR count). The summed E-state index contributed by atoms with van der Waals surface area (Å²) in [6.07, 6.45) is 1.17. The topological polar surface area (TPSA) is 75.7 Å². The number of nitrogens with zero attached hydrogens (tertiary/aromatic N) is 1. The van der Waals surface area contributed by atoms with Crippen LogP contribution in [-0.4, -0.2) is 26.6 Å². The first-order valence-corrected chi connectivity index (χ1v) is 12.0. The molecule has 1 unspecified atom stereocenters. The fraction of sp³-hybridized carbons (Fsp3) is 0.174. The Hall–Kier alpha value is -3.10. The van der Waals surface area contributed by atoms with E-state index in [0.29, 0.717) is 16.5 Å². The Balaban J connectivity index is 1.93. The van der Waals surface area contributed by atoms with Crippen LogP contribution < -0.4 is 14.4 Å². The predicted molar refractivity (Wildman–Crippen MR) is 124 cm³/mol. The van der Waals surface area contributed by atoms with Crippen molar-refractivity contribution in [1.82, 2.24) is 0 Å². The summed E-state index contributed by atoms with van der Waals surface area (Å²) in [6.45, 7) is 1.69. The van der Waals surface area contributed by atoms with Gasteiger partial charge in [0.2, 0.25) is 15.9 Å². The third kappa shape index (κ3) is 5.77. The number of hydrogen-bond donors (Lipinski definition) is 1. The molecule has 0 aliphatic rings. The van der Waals surface area contributed by atoms with E-state index in [1.165, 1.54) is 18.2 Å². The minimum Gasteiger partial charge on any atom is -0.455 e. The number of rotatable bonds is 8. The zero-order chi connectivity index (χ0) is 23.3. The fourth-order valence-corrected chi connectivity index (χ4v) is 4.55. The molecule has 6 nitrogen and oxygen atoms in total. The van der Waals surface area contributed by atoms with Gasteiger partial charge in [0.15, 0.2) is 5.75 Å². The van der Waals surface area contributed by atoms with Crippen LogP contribution in [0.4, 0.5) is 15.8 Å². The Morgan fingerprint density at radius 1 is 1.09 bits per heavy atom. The number of ether oxygens (including phenoxy) is 1. The molecule has 32 heavy (non-hydrogen) atoms. The lowest BCUT2D eigenvalue weighted by molar-refractivity contribution is -0.117. The van der Waals surface area contributed by atoms with Crippen molar-refractivity contribution >= 4 is 38.9 Å². The summed E-state index contributed by atoms with van der Waals surface area (Å²) >= 11 is 6.11. The standard InChI is InChI=1S/C23H22ClFN2O4S/c1-3-21(27(32(2,29)30)18-12-10-17(25)11-13-18)23(28)26-20-15-16(24)9-14-22(20)31-19-7-5-4-6-8-19/h4-15,21H,3H2,1-2H3,(H,26,28). The van der Waals surface area contributed by atoms with Gasteiger partial charge in [-0.25, -0.2) is 12.8 Å². The normalized spacial score (nSPS) is 12.1. The lowest BCUT2D eigenvalue weighted by atomic mass is 10.1. The van der Waals surface area contributed by atoms with E-state index in [1.54, 1.807) is 31.2 Å². The molecular formula is C23H22ClFN2O4S. The summed E-state index contributed by atoms with van der Waals surface area (Å²) in [5, 5.41) is 3.10. The summed E-state index contributed by atoms with van der Waals surface area (Å²) in [5.74, 6) is -0.193. The van der Waals surface area contributed by atoms with Crippen molar-refractivity contribution in [2.24, 2.45) is 0 Å². The van der Waals surface area contributed by atoms with Gasteiger partial charge in [-0.1, -0.05) is 36.7 Å². The molecule has 0 aliphatic heterocycles. The van der Waals surface area contributed by atoms with E-state index < -0.39 is 27.8 Å². The second kappa shape index (κ2) is 10.0. The molecule has 0 saturated heterocycles. The van der Waals surface area contributed by atoms with Crippen LogP contribution in [0, 0.1) is 5.82 Å². The molecule has 3 aromatic rings. The molecule has 0 bridgehead atoms. The Labute approximate surface area is 191 Å². The highest BCUT2D eigenvalue weighted by molar-refractivity contribution is 7.92. The number of anilines is 2. The summed E-state index contributed by atoms with van der Waals surface area (Å²) < 4.78 is 45.3. The molecule has 0 heterocycles. The van der Waals surface area contributed by atoms with E-state index in [2.05, 4.69) is 5.32 Å². The van der Waals surface area contributed by atoms with Crippen molar-refractivity contribution in [3.63, 3.8) is 0 Å². The molecule has 0 fully saturated rings. The van der Waals surface area contributed by atoms with Gasteiger partial charge in [-0.3, -0.25) is 9.10 Å². The minimum atomic E-state index is -3.85. The number of sulfonamides is 1. The maximum absolute atomic E-state index is 13.4. The Kier molecular flexibility index (Phi) is 7.37. The molecular weight excluding hydrogens is 455 g/mol. The summed E-state index contributed by atoms with van der Waals surface area (Å²) in [6, 6.07) is 17.6. The molecule has 1 N–H and O–H groups in total. The molecule has 3 aromatic carbocycles. The van der Waals surface area contributed by atoms with E-state index in [9.17, 15) is 17.6 Å². The number of benzene rings is 3. The van der Waals surface area contributed by atoms with Crippen molar-refractivity contribution in [3.05, 3.63) is 83.6 Å². The monoisotopic (exact) mass is 476 g/mol. The maximum atomic E-state index is 13.4. The molecule has 0 spiro atoms. The van der Waals surface area contributed by atoms with Crippen LogP contribution >= 0.6 is 11.6 Å². The van der Waals surface area contributed by atoms with Gasteiger partial charge < -0.3 is 10.1 Å². The van der Waals surface area contributed by atoms with Crippen molar-refractivity contribution in [2.75, 3.05) is 15.9 Å². The molecule has 0 saturated carbocycles. The van der Waals surface area contributed by atoms with Gasteiger partial charge in [0, 0.05) is 5.02 Å². The average molecular weight is 477 g/mol. The number of amides is 1. The average Bonchev–Trinajstić information content (AvgIpc) is 2.74. The van der Waals surface area contributed by atoms with Crippen LogP contribution in [0.25, 0.3) is 0 Å². The predicted octanol–water partition coefficient (Wildman–Crippen LogP) is 5.45. The van der Waals surface area contributed by atoms with E-state index in [-0.39, 0.29) is 17.8 Å². The summed E-state index contributed by atoms with van der Waals surface area (Å²) in [5.41, 5.74) is 0.472. The summed E-state index contributed by atoms with van der Waals surface area (Å²) in [7, 11) is -3.85. The number of carbonyl (C=O) groups is 1. The van der Waals surface area contributed by atoms with Gasteiger partial charge in [0.25, 0.3) is 0 Å². The first kappa shape index (κ1) is 23.6.